The van der Waals surface area contributed by atoms with Crippen LogP contribution in [0.3, 0.4) is 0 Å². The summed E-state index contributed by atoms with van der Waals surface area (Å²) in [5, 5.41) is 3.01. The van der Waals surface area contributed by atoms with Crippen LogP contribution in [0.15, 0.2) is 11.6 Å². The third-order valence-corrected chi connectivity index (χ3v) is 3.54. The number of hydrogen-bond donors (Lipinski definition) is 0. The van der Waals surface area contributed by atoms with Gasteiger partial charge in [0, 0.05) is 24.0 Å². The quantitative estimate of drug-likeness (QED) is 0.825. The van der Waals surface area contributed by atoms with Gasteiger partial charge in [0.05, 0.1) is 6.54 Å². The van der Waals surface area contributed by atoms with Gasteiger partial charge in [-0.15, -0.1) is 11.3 Å². The van der Waals surface area contributed by atoms with Crippen LogP contribution in [0, 0.1) is 5.41 Å². The molecule has 0 N–H and O–H groups in total. The Balaban J connectivity index is 1.99. The molecular weight excluding hydrogens is 232 g/mol. The summed E-state index contributed by atoms with van der Waals surface area (Å²) in [5.74, 6) is 0.273. The summed E-state index contributed by atoms with van der Waals surface area (Å²) in [7, 11) is 0. The molecule has 1 fully saturated rings. The molecule has 0 unspecified atom stereocenters. The number of thiazole rings is 1. The van der Waals surface area contributed by atoms with Crippen molar-refractivity contribution in [1.29, 1.82) is 0 Å². The van der Waals surface area contributed by atoms with E-state index < -0.39 is 0 Å². The van der Waals surface area contributed by atoms with Crippen molar-refractivity contribution in [2.24, 2.45) is 5.41 Å². The molecule has 94 valence electrons. The predicted molar refractivity (Wildman–Crippen MR) is 69.8 cm³/mol. The van der Waals surface area contributed by atoms with E-state index in [2.05, 4.69) is 25.8 Å². The van der Waals surface area contributed by atoms with E-state index >= 15 is 0 Å². The van der Waals surface area contributed by atoms with Crippen molar-refractivity contribution in [1.82, 2.24) is 9.88 Å². The maximum atomic E-state index is 12.3. The minimum atomic E-state index is 0.0626. The first-order chi connectivity index (χ1) is 7.96. The topological polar surface area (TPSA) is 33.2 Å². The molecule has 0 atom stereocenters. The summed E-state index contributed by atoms with van der Waals surface area (Å²) in [4.78, 5) is 18.6. The molecule has 0 aliphatic heterocycles. The lowest BCUT2D eigenvalue weighted by molar-refractivity contribution is -0.134. The summed E-state index contributed by atoms with van der Waals surface area (Å²) < 4.78 is 0. The standard InChI is InChI=1S/C13H20N2OS/c1-13(2,3)8-12(16)15(10-4-5-10)9-11-14-6-7-17-11/h6-7,10H,4-5,8-9H2,1-3H3. The Morgan fingerprint density at radius 2 is 2.24 bits per heavy atom. The molecule has 0 saturated heterocycles. The number of rotatable bonds is 4. The highest BCUT2D eigenvalue weighted by Crippen LogP contribution is 2.31. The fraction of sp³-hybridized carbons (Fsp3) is 0.692. The summed E-state index contributed by atoms with van der Waals surface area (Å²) in [5.41, 5.74) is 0.0626. The molecule has 0 aromatic carbocycles. The van der Waals surface area contributed by atoms with E-state index in [-0.39, 0.29) is 11.3 Å². The second kappa shape index (κ2) is 4.77. The van der Waals surface area contributed by atoms with Gasteiger partial charge in [-0.05, 0) is 18.3 Å². The van der Waals surface area contributed by atoms with Gasteiger partial charge in [-0.2, -0.15) is 0 Å². The monoisotopic (exact) mass is 252 g/mol. The van der Waals surface area contributed by atoms with E-state index in [1.165, 1.54) is 0 Å². The fourth-order valence-corrected chi connectivity index (χ4v) is 2.45. The maximum absolute atomic E-state index is 12.3. The van der Waals surface area contributed by atoms with Gasteiger partial charge in [0.25, 0.3) is 0 Å². The third kappa shape index (κ3) is 3.80. The Hall–Kier alpha value is -0.900. The van der Waals surface area contributed by atoms with Crippen LogP contribution in [0.5, 0.6) is 0 Å². The van der Waals surface area contributed by atoms with E-state index in [1.54, 1.807) is 17.5 Å². The van der Waals surface area contributed by atoms with Gasteiger partial charge in [-0.25, -0.2) is 4.98 Å². The second-order valence-electron chi connectivity index (χ2n) is 5.92. The number of carbonyl (C=O) groups is 1. The zero-order chi connectivity index (χ0) is 12.5. The van der Waals surface area contributed by atoms with Crippen LogP contribution >= 0.6 is 11.3 Å². The molecule has 1 saturated carbocycles. The maximum Gasteiger partial charge on any atom is 0.223 e. The average molecular weight is 252 g/mol. The molecular formula is C13H20N2OS. The Bertz CT molecular complexity index is 377. The predicted octanol–water partition coefficient (Wildman–Crippen LogP) is 3.07. The van der Waals surface area contributed by atoms with Crippen molar-refractivity contribution >= 4 is 17.2 Å². The van der Waals surface area contributed by atoms with Crippen molar-refractivity contribution < 1.29 is 4.79 Å². The molecule has 2 rings (SSSR count). The Morgan fingerprint density at radius 3 is 2.71 bits per heavy atom. The van der Waals surface area contributed by atoms with Crippen molar-refractivity contribution in [2.45, 2.75) is 52.6 Å². The molecule has 1 heterocycles. The van der Waals surface area contributed by atoms with Crippen molar-refractivity contribution in [2.75, 3.05) is 0 Å². The summed E-state index contributed by atoms with van der Waals surface area (Å²) in [6.45, 7) is 7.02. The third-order valence-electron chi connectivity index (χ3n) is 2.78. The number of hydrogen-bond acceptors (Lipinski definition) is 3. The Morgan fingerprint density at radius 1 is 1.53 bits per heavy atom. The van der Waals surface area contributed by atoms with Gasteiger partial charge in [-0.3, -0.25) is 4.79 Å². The lowest BCUT2D eigenvalue weighted by atomic mass is 9.91. The Labute approximate surface area is 107 Å². The molecule has 0 bridgehead atoms. The van der Waals surface area contributed by atoms with Crippen LogP contribution in [0.1, 0.15) is 45.0 Å². The van der Waals surface area contributed by atoms with E-state index in [0.717, 1.165) is 17.8 Å². The molecule has 1 aromatic rings. The zero-order valence-corrected chi connectivity index (χ0v) is 11.6. The van der Waals surface area contributed by atoms with Gasteiger partial charge in [0.15, 0.2) is 0 Å². The van der Waals surface area contributed by atoms with Crippen LogP contribution in [0.4, 0.5) is 0 Å². The molecule has 1 amide bonds. The van der Waals surface area contributed by atoms with Gasteiger partial charge < -0.3 is 4.90 Å². The van der Waals surface area contributed by atoms with Crippen LogP contribution < -0.4 is 0 Å². The number of amides is 1. The zero-order valence-electron chi connectivity index (χ0n) is 10.8. The van der Waals surface area contributed by atoms with E-state index in [4.69, 9.17) is 0 Å². The smallest absolute Gasteiger partial charge is 0.223 e. The number of aromatic nitrogens is 1. The van der Waals surface area contributed by atoms with E-state index in [9.17, 15) is 4.79 Å². The summed E-state index contributed by atoms with van der Waals surface area (Å²) in [6, 6.07) is 0.466. The number of nitrogens with zero attached hydrogens (tertiary/aromatic N) is 2. The first-order valence-electron chi connectivity index (χ1n) is 6.13. The van der Waals surface area contributed by atoms with Crippen LogP contribution in [-0.2, 0) is 11.3 Å². The second-order valence-corrected chi connectivity index (χ2v) is 6.90. The average Bonchev–Trinajstić information content (AvgIpc) is 2.89. The highest BCUT2D eigenvalue weighted by molar-refractivity contribution is 7.09. The number of carbonyl (C=O) groups excluding carboxylic acids is 1. The minimum absolute atomic E-state index is 0.0626. The van der Waals surface area contributed by atoms with Crippen LogP contribution in [-0.4, -0.2) is 21.8 Å². The molecule has 4 heteroatoms. The first kappa shape index (κ1) is 12.6. The normalized spacial score (nSPS) is 15.9. The molecule has 1 aliphatic carbocycles. The molecule has 0 radical (unpaired) electrons. The minimum Gasteiger partial charge on any atom is -0.333 e. The van der Waals surface area contributed by atoms with E-state index in [0.29, 0.717) is 19.0 Å². The molecule has 3 nitrogen and oxygen atoms in total. The van der Waals surface area contributed by atoms with Crippen LogP contribution in [0.2, 0.25) is 0 Å². The molecule has 17 heavy (non-hydrogen) atoms. The molecule has 1 aromatic heterocycles. The van der Waals surface area contributed by atoms with Crippen molar-refractivity contribution in [3.05, 3.63) is 16.6 Å². The van der Waals surface area contributed by atoms with Crippen molar-refractivity contribution in [3.8, 4) is 0 Å². The van der Waals surface area contributed by atoms with Gasteiger partial charge >= 0.3 is 0 Å². The molecule has 0 spiro atoms. The largest absolute Gasteiger partial charge is 0.333 e. The first-order valence-corrected chi connectivity index (χ1v) is 7.01. The summed E-state index contributed by atoms with van der Waals surface area (Å²) in [6.07, 6.45) is 4.73. The molecule has 1 aliphatic rings. The van der Waals surface area contributed by atoms with Crippen molar-refractivity contribution in [3.63, 3.8) is 0 Å². The lowest BCUT2D eigenvalue weighted by Gasteiger charge is -2.26. The van der Waals surface area contributed by atoms with Gasteiger partial charge in [-0.1, -0.05) is 20.8 Å². The van der Waals surface area contributed by atoms with E-state index in [1.807, 2.05) is 10.3 Å². The SMILES string of the molecule is CC(C)(C)CC(=O)N(Cc1nccs1)C1CC1. The fourth-order valence-electron chi connectivity index (χ4n) is 1.84. The van der Waals surface area contributed by atoms with Gasteiger partial charge in [0.2, 0.25) is 5.91 Å². The van der Waals surface area contributed by atoms with Crippen LogP contribution in [0.25, 0.3) is 0 Å². The lowest BCUT2D eigenvalue weighted by Crippen LogP contribution is -2.34. The Kier molecular flexibility index (Phi) is 3.52. The highest BCUT2D eigenvalue weighted by Gasteiger charge is 2.34. The summed E-state index contributed by atoms with van der Waals surface area (Å²) >= 11 is 1.63. The van der Waals surface area contributed by atoms with Gasteiger partial charge in [0.1, 0.15) is 5.01 Å². The highest BCUT2D eigenvalue weighted by atomic mass is 32.1.